The number of amides is 2. The minimum absolute atomic E-state index is 0.106. The Labute approximate surface area is 236 Å². The van der Waals surface area contributed by atoms with Crippen molar-refractivity contribution in [2.75, 3.05) is 37.0 Å². The van der Waals surface area contributed by atoms with Crippen LogP contribution < -0.4 is 25.0 Å². The van der Waals surface area contributed by atoms with Crippen molar-refractivity contribution >= 4 is 23.1 Å². The highest BCUT2D eigenvalue weighted by Crippen LogP contribution is 2.46. The molecular formula is C29H30N8O4. The van der Waals surface area contributed by atoms with Crippen molar-refractivity contribution < 1.29 is 19.4 Å². The maximum Gasteiger partial charge on any atom is 0.319 e. The molecule has 12 nitrogen and oxygen atoms in total. The van der Waals surface area contributed by atoms with Crippen LogP contribution in [0.25, 0.3) is 16.6 Å². The Bertz CT molecular complexity index is 1610. The zero-order chi connectivity index (χ0) is 28.7. The zero-order valence-corrected chi connectivity index (χ0v) is 22.9. The Morgan fingerprint density at radius 3 is 2.61 bits per heavy atom. The van der Waals surface area contributed by atoms with E-state index < -0.39 is 5.60 Å². The first kappa shape index (κ1) is 26.3. The van der Waals surface area contributed by atoms with Gasteiger partial charge in [0.2, 0.25) is 5.88 Å². The smallest absolute Gasteiger partial charge is 0.319 e. The van der Waals surface area contributed by atoms with Crippen molar-refractivity contribution in [2.45, 2.75) is 25.5 Å². The van der Waals surface area contributed by atoms with Gasteiger partial charge in [0, 0.05) is 54.4 Å². The van der Waals surface area contributed by atoms with Gasteiger partial charge in [-0.1, -0.05) is 0 Å². The van der Waals surface area contributed by atoms with E-state index in [1.54, 1.807) is 56.2 Å². The number of carbonyl (C=O) groups is 1. The van der Waals surface area contributed by atoms with Gasteiger partial charge in [-0.05, 0) is 38.1 Å². The molecular weight excluding hydrogens is 524 g/mol. The minimum atomic E-state index is -0.997. The van der Waals surface area contributed by atoms with Gasteiger partial charge in [0.25, 0.3) is 0 Å². The Balaban J connectivity index is 1.11. The van der Waals surface area contributed by atoms with E-state index in [1.165, 1.54) is 6.20 Å². The molecule has 0 bridgehead atoms. The molecule has 2 amide bonds. The Kier molecular flexibility index (Phi) is 6.59. The Hall–Kier alpha value is -4.89. The number of anilines is 2. The first-order valence-corrected chi connectivity index (χ1v) is 13.3. The molecule has 12 heteroatoms. The average Bonchev–Trinajstić information content (AvgIpc) is 3.29. The number of rotatable bonds is 8. The van der Waals surface area contributed by atoms with Gasteiger partial charge < -0.3 is 30.1 Å². The van der Waals surface area contributed by atoms with E-state index in [0.717, 1.165) is 30.0 Å². The summed E-state index contributed by atoms with van der Waals surface area (Å²) in [6.45, 7) is 5.06. The lowest BCUT2D eigenvalue weighted by molar-refractivity contribution is 0.0283. The maximum atomic E-state index is 12.5. The molecule has 1 saturated carbocycles. The van der Waals surface area contributed by atoms with Gasteiger partial charge in [0.15, 0.2) is 0 Å². The number of hydrogen-bond donors (Lipinski definition) is 3. The number of nitrogens with one attached hydrogen (secondary N) is 2. The molecule has 5 heterocycles. The Morgan fingerprint density at radius 1 is 1.17 bits per heavy atom. The second kappa shape index (κ2) is 10.3. The molecule has 0 spiro atoms. The summed E-state index contributed by atoms with van der Waals surface area (Å²) in [5, 5.41) is 29.9. The van der Waals surface area contributed by atoms with Gasteiger partial charge in [0.1, 0.15) is 24.2 Å². The normalized spacial score (nSPS) is 19.4. The first-order chi connectivity index (χ1) is 19.7. The quantitative estimate of drug-likeness (QED) is 0.299. The number of aromatic nitrogens is 4. The summed E-state index contributed by atoms with van der Waals surface area (Å²) in [7, 11) is 1.54. The highest BCUT2D eigenvalue weighted by Gasteiger charge is 2.56. The molecule has 1 aliphatic heterocycles. The highest BCUT2D eigenvalue weighted by atomic mass is 16.5. The van der Waals surface area contributed by atoms with Crippen LogP contribution in [-0.2, 0) is 0 Å². The Morgan fingerprint density at radius 2 is 1.98 bits per heavy atom. The van der Waals surface area contributed by atoms with Crippen LogP contribution in [0, 0.1) is 23.2 Å². The topological polar surface area (TPSA) is 150 Å². The molecule has 3 N–H and O–H groups in total. The second-order valence-electron chi connectivity index (χ2n) is 11.0. The molecule has 0 radical (unpaired) electrons. The lowest BCUT2D eigenvalue weighted by Crippen LogP contribution is -2.37. The number of fused-ring (bicyclic) bond motifs is 2. The SMILES string of the molecule is COc1ccc(NC(=O)NC2[C@H]3CN(c4ccc(-c5cc(OCC(C)(C)O)cn6ncc(C#N)c56)cn4)C[C@@H]23)cn1. The van der Waals surface area contributed by atoms with Crippen LogP contribution in [0.2, 0.25) is 0 Å². The third-order valence-corrected chi connectivity index (χ3v) is 7.38. The van der Waals surface area contributed by atoms with Gasteiger partial charge >= 0.3 is 6.03 Å². The zero-order valence-electron chi connectivity index (χ0n) is 22.9. The predicted molar refractivity (Wildman–Crippen MR) is 151 cm³/mol. The van der Waals surface area contributed by atoms with Crippen molar-refractivity contribution in [3.8, 4) is 28.8 Å². The lowest BCUT2D eigenvalue weighted by atomic mass is 10.1. The van der Waals surface area contributed by atoms with Crippen molar-refractivity contribution in [3.05, 3.63) is 60.7 Å². The summed E-state index contributed by atoms with van der Waals surface area (Å²) < 4.78 is 12.5. The lowest BCUT2D eigenvalue weighted by Gasteiger charge is -2.21. The van der Waals surface area contributed by atoms with E-state index in [0.29, 0.717) is 40.2 Å². The molecule has 3 atom stereocenters. The van der Waals surface area contributed by atoms with E-state index >= 15 is 0 Å². The van der Waals surface area contributed by atoms with Crippen molar-refractivity contribution in [1.82, 2.24) is 24.9 Å². The summed E-state index contributed by atoms with van der Waals surface area (Å²) in [5.74, 6) is 2.60. The standard InChI is InChI=1S/C29H30N8O4/c1-29(2,39)16-41-20-8-21(27-18(9-30)11-33-37(27)13-20)17-4-6-24(31-10-17)36-14-22-23(15-36)26(22)35-28(38)34-19-5-7-25(40-3)32-12-19/h4-8,10-13,22-23,26,39H,14-16H2,1-3H3,(H2,34,35,38)/t22-,23+,26?. The van der Waals surface area contributed by atoms with E-state index in [4.69, 9.17) is 14.5 Å². The second-order valence-corrected chi connectivity index (χ2v) is 11.0. The van der Waals surface area contributed by atoms with Crippen LogP contribution in [0.15, 0.2) is 55.1 Å². The fourth-order valence-electron chi connectivity index (χ4n) is 5.29. The monoisotopic (exact) mass is 554 g/mol. The highest BCUT2D eigenvalue weighted by molar-refractivity contribution is 5.89. The largest absolute Gasteiger partial charge is 0.489 e. The predicted octanol–water partition coefficient (Wildman–Crippen LogP) is 3.08. The number of ether oxygens (including phenoxy) is 2. The third kappa shape index (κ3) is 5.44. The molecule has 210 valence electrons. The summed E-state index contributed by atoms with van der Waals surface area (Å²) in [5.41, 5.74) is 2.30. The fourth-order valence-corrected chi connectivity index (χ4v) is 5.29. The summed E-state index contributed by atoms with van der Waals surface area (Å²) >= 11 is 0. The molecule has 2 fully saturated rings. The molecule has 4 aromatic heterocycles. The van der Waals surface area contributed by atoms with Gasteiger partial charge in [-0.25, -0.2) is 19.3 Å². The number of urea groups is 1. The number of hydrogen-bond acceptors (Lipinski definition) is 9. The average molecular weight is 555 g/mol. The molecule has 2 aliphatic rings. The number of nitriles is 1. The van der Waals surface area contributed by atoms with Crippen LogP contribution in [0.5, 0.6) is 11.6 Å². The number of pyridine rings is 3. The van der Waals surface area contributed by atoms with Crippen LogP contribution >= 0.6 is 0 Å². The molecule has 4 aromatic rings. The molecule has 1 aliphatic carbocycles. The van der Waals surface area contributed by atoms with Gasteiger partial charge in [-0.3, -0.25) is 0 Å². The molecule has 6 rings (SSSR count). The van der Waals surface area contributed by atoms with E-state index in [1.807, 2.05) is 18.2 Å². The molecule has 41 heavy (non-hydrogen) atoms. The molecule has 0 aromatic carbocycles. The number of carbonyl (C=O) groups excluding carboxylic acids is 1. The number of nitrogens with zero attached hydrogens (tertiary/aromatic N) is 6. The summed E-state index contributed by atoms with van der Waals surface area (Å²) in [6.07, 6.45) is 6.56. The molecule has 1 unspecified atom stereocenters. The van der Waals surface area contributed by atoms with E-state index in [9.17, 15) is 15.2 Å². The van der Waals surface area contributed by atoms with Crippen LogP contribution in [0.3, 0.4) is 0 Å². The van der Waals surface area contributed by atoms with E-state index in [-0.39, 0.29) is 18.7 Å². The minimum Gasteiger partial charge on any atom is -0.489 e. The maximum absolute atomic E-state index is 12.5. The number of piperidine rings is 1. The van der Waals surface area contributed by atoms with Crippen molar-refractivity contribution in [3.63, 3.8) is 0 Å². The summed E-state index contributed by atoms with van der Waals surface area (Å²) in [4.78, 5) is 23.5. The number of aliphatic hydroxyl groups is 1. The van der Waals surface area contributed by atoms with E-state index in [2.05, 4.69) is 31.7 Å². The van der Waals surface area contributed by atoms with Crippen LogP contribution in [0.1, 0.15) is 19.4 Å². The van der Waals surface area contributed by atoms with Gasteiger partial charge in [-0.2, -0.15) is 10.4 Å². The van der Waals surface area contributed by atoms with Crippen molar-refractivity contribution in [1.29, 1.82) is 5.26 Å². The van der Waals surface area contributed by atoms with Gasteiger partial charge in [-0.15, -0.1) is 0 Å². The molecule has 1 saturated heterocycles. The van der Waals surface area contributed by atoms with Crippen LogP contribution in [0.4, 0.5) is 16.3 Å². The van der Waals surface area contributed by atoms with Crippen molar-refractivity contribution in [2.24, 2.45) is 11.8 Å². The number of methoxy groups -OCH3 is 1. The fraction of sp³-hybridized carbons (Fsp3) is 0.345. The van der Waals surface area contributed by atoms with Crippen LogP contribution in [-0.4, -0.2) is 69.2 Å². The first-order valence-electron chi connectivity index (χ1n) is 13.3. The summed E-state index contributed by atoms with van der Waals surface area (Å²) in [6, 6.07) is 11.3. The third-order valence-electron chi connectivity index (χ3n) is 7.38. The van der Waals surface area contributed by atoms with Gasteiger partial charge in [0.05, 0.1) is 48.1 Å².